The zero-order chi connectivity index (χ0) is 20.2. The maximum atomic E-state index is 13.1. The highest BCUT2D eigenvalue weighted by atomic mass is 19.1. The molecule has 29 heavy (non-hydrogen) atoms. The van der Waals surface area contributed by atoms with Crippen LogP contribution in [-0.2, 0) is 4.79 Å². The van der Waals surface area contributed by atoms with Crippen molar-refractivity contribution in [2.45, 2.75) is 5.92 Å². The Morgan fingerprint density at radius 2 is 1.66 bits per heavy atom. The number of halogens is 1. The molecule has 0 saturated carbocycles. The fraction of sp³-hybridized carbons (Fsp3) is 0.435. The lowest BCUT2D eigenvalue weighted by molar-refractivity contribution is -0.132. The number of amides is 1. The Labute approximate surface area is 171 Å². The van der Waals surface area contributed by atoms with E-state index in [2.05, 4.69) is 34.1 Å². The number of likely N-dealkylation sites (tertiary alicyclic amines) is 1. The van der Waals surface area contributed by atoms with Crippen LogP contribution in [0.5, 0.6) is 0 Å². The summed E-state index contributed by atoms with van der Waals surface area (Å²) in [6.07, 6.45) is 0. The van der Waals surface area contributed by atoms with Crippen molar-refractivity contribution < 1.29 is 9.18 Å². The van der Waals surface area contributed by atoms with E-state index in [0.29, 0.717) is 38.0 Å². The van der Waals surface area contributed by atoms with Crippen molar-refractivity contribution in [1.29, 1.82) is 0 Å². The van der Waals surface area contributed by atoms with Gasteiger partial charge in [0.15, 0.2) is 0 Å². The van der Waals surface area contributed by atoms with Gasteiger partial charge in [0, 0.05) is 50.9 Å². The highest BCUT2D eigenvalue weighted by Crippen LogP contribution is 2.32. The zero-order valence-corrected chi connectivity index (χ0v) is 16.7. The molecular weight excluding hydrogens is 367 g/mol. The summed E-state index contributed by atoms with van der Waals surface area (Å²) in [6, 6.07) is 17.0. The van der Waals surface area contributed by atoms with Crippen LogP contribution in [0.4, 0.5) is 10.1 Å². The number of piperazine rings is 1. The molecule has 2 aliphatic rings. The lowest BCUT2D eigenvalue weighted by Gasteiger charge is -2.36. The van der Waals surface area contributed by atoms with Crippen molar-refractivity contribution in [3.63, 3.8) is 0 Å². The van der Waals surface area contributed by atoms with Crippen LogP contribution in [0.2, 0.25) is 0 Å². The number of anilines is 1. The Hall–Kier alpha value is -2.44. The van der Waals surface area contributed by atoms with Gasteiger partial charge >= 0.3 is 0 Å². The second-order valence-electron chi connectivity index (χ2n) is 8.05. The van der Waals surface area contributed by atoms with Gasteiger partial charge in [0.2, 0.25) is 5.91 Å². The van der Waals surface area contributed by atoms with E-state index < -0.39 is 0 Å². The topological polar surface area (TPSA) is 52.8 Å². The van der Waals surface area contributed by atoms with E-state index in [-0.39, 0.29) is 11.7 Å². The summed E-state index contributed by atoms with van der Waals surface area (Å²) in [4.78, 5) is 19.3. The zero-order valence-electron chi connectivity index (χ0n) is 16.7. The second kappa shape index (κ2) is 8.93. The minimum Gasteiger partial charge on any atom is -0.368 e. The van der Waals surface area contributed by atoms with Gasteiger partial charge in [0.05, 0.1) is 6.54 Å². The molecule has 2 aromatic rings. The molecule has 0 aromatic heterocycles. The predicted molar refractivity (Wildman–Crippen MR) is 113 cm³/mol. The van der Waals surface area contributed by atoms with Gasteiger partial charge in [-0.2, -0.15) is 0 Å². The van der Waals surface area contributed by atoms with Crippen LogP contribution in [0, 0.1) is 11.7 Å². The van der Waals surface area contributed by atoms with Crippen molar-refractivity contribution >= 4 is 11.6 Å². The van der Waals surface area contributed by atoms with E-state index in [1.165, 1.54) is 17.7 Å². The van der Waals surface area contributed by atoms with Crippen molar-refractivity contribution in [1.82, 2.24) is 9.80 Å². The van der Waals surface area contributed by atoms with E-state index in [0.717, 1.165) is 31.9 Å². The average molecular weight is 397 g/mol. The number of hydrogen-bond donors (Lipinski definition) is 1. The van der Waals surface area contributed by atoms with Crippen LogP contribution in [0.1, 0.15) is 11.5 Å². The van der Waals surface area contributed by atoms with Gasteiger partial charge in [-0.15, -0.1) is 0 Å². The molecule has 2 fully saturated rings. The largest absolute Gasteiger partial charge is 0.368 e. The summed E-state index contributed by atoms with van der Waals surface area (Å²) in [5.74, 6) is 0.746. The average Bonchev–Trinajstić information content (AvgIpc) is 3.18. The minimum absolute atomic E-state index is 0.188. The lowest BCUT2D eigenvalue weighted by atomic mass is 9.89. The predicted octanol–water partition coefficient (Wildman–Crippen LogP) is 2.15. The number of hydrogen-bond acceptors (Lipinski definition) is 4. The van der Waals surface area contributed by atoms with Crippen molar-refractivity contribution in [2.75, 3.05) is 57.3 Å². The molecule has 0 spiro atoms. The highest BCUT2D eigenvalue weighted by Gasteiger charge is 2.34. The quantitative estimate of drug-likeness (QED) is 0.842. The highest BCUT2D eigenvalue weighted by molar-refractivity contribution is 5.78. The number of nitrogens with zero attached hydrogens (tertiary/aromatic N) is 3. The number of rotatable bonds is 5. The van der Waals surface area contributed by atoms with Crippen LogP contribution in [0.25, 0.3) is 0 Å². The summed E-state index contributed by atoms with van der Waals surface area (Å²) in [5, 5.41) is 0. The molecule has 0 aliphatic carbocycles. The third-order valence-corrected chi connectivity index (χ3v) is 6.23. The number of benzene rings is 2. The lowest BCUT2D eigenvalue weighted by Crippen LogP contribution is -2.51. The number of carbonyl (C=O) groups excluding carboxylic acids is 1. The summed E-state index contributed by atoms with van der Waals surface area (Å²) >= 11 is 0. The van der Waals surface area contributed by atoms with Crippen molar-refractivity contribution in [2.24, 2.45) is 11.7 Å². The first-order valence-corrected chi connectivity index (χ1v) is 10.4. The molecule has 0 radical (unpaired) electrons. The van der Waals surface area contributed by atoms with E-state index in [9.17, 15) is 9.18 Å². The summed E-state index contributed by atoms with van der Waals surface area (Å²) in [7, 11) is 0. The molecule has 2 atom stereocenters. The van der Waals surface area contributed by atoms with Gasteiger partial charge in [0.25, 0.3) is 0 Å². The molecule has 2 saturated heterocycles. The van der Waals surface area contributed by atoms with Crippen LogP contribution in [0.15, 0.2) is 54.6 Å². The van der Waals surface area contributed by atoms with Gasteiger partial charge < -0.3 is 15.5 Å². The van der Waals surface area contributed by atoms with Gasteiger partial charge in [-0.3, -0.25) is 9.69 Å². The van der Waals surface area contributed by atoms with Gasteiger partial charge in [-0.05, 0) is 42.3 Å². The molecule has 0 bridgehead atoms. The third kappa shape index (κ3) is 4.60. The van der Waals surface area contributed by atoms with E-state index in [1.54, 1.807) is 12.1 Å². The molecule has 6 heteroatoms. The SMILES string of the molecule is NC[C@@H]1CN(CC(=O)N2CCN(c3ccc(F)cc3)CC2)C[C@H]1c1ccccc1. The van der Waals surface area contributed by atoms with Gasteiger partial charge in [-0.1, -0.05) is 30.3 Å². The summed E-state index contributed by atoms with van der Waals surface area (Å²) in [5.41, 5.74) is 8.35. The first-order chi connectivity index (χ1) is 14.1. The maximum absolute atomic E-state index is 13.1. The Morgan fingerprint density at radius 1 is 0.966 bits per heavy atom. The Bertz CT molecular complexity index is 805. The molecule has 4 rings (SSSR count). The number of nitrogens with two attached hydrogens (primary N) is 1. The normalized spacial score (nSPS) is 22.8. The van der Waals surface area contributed by atoms with E-state index in [4.69, 9.17) is 5.73 Å². The Kier molecular flexibility index (Phi) is 6.11. The third-order valence-electron chi connectivity index (χ3n) is 6.23. The fourth-order valence-electron chi connectivity index (χ4n) is 4.56. The van der Waals surface area contributed by atoms with Crippen LogP contribution < -0.4 is 10.6 Å². The standard InChI is InChI=1S/C23H29FN4O/c24-20-6-8-21(9-7-20)27-10-12-28(13-11-27)23(29)17-26-15-19(14-25)22(16-26)18-4-2-1-3-5-18/h1-9,19,22H,10-17,25H2/t19-,22+/m1/s1. The van der Waals surface area contributed by atoms with Crippen LogP contribution in [0.3, 0.4) is 0 Å². The second-order valence-corrected chi connectivity index (χ2v) is 8.05. The minimum atomic E-state index is -0.224. The van der Waals surface area contributed by atoms with Crippen LogP contribution in [-0.4, -0.2) is 68.1 Å². The molecule has 5 nitrogen and oxygen atoms in total. The Balaban J connectivity index is 1.30. The Morgan fingerprint density at radius 3 is 2.31 bits per heavy atom. The maximum Gasteiger partial charge on any atom is 0.236 e. The molecule has 2 aliphatic heterocycles. The smallest absolute Gasteiger partial charge is 0.236 e. The van der Waals surface area contributed by atoms with E-state index in [1.807, 2.05) is 11.0 Å². The first kappa shape index (κ1) is 19.9. The molecule has 1 amide bonds. The molecule has 2 heterocycles. The summed E-state index contributed by atoms with van der Waals surface area (Å²) < 4.78 is 13.1. The first-order valence-electron chi connectivity index (χ1n) is 10.4. The molecule has 0 unspecified atom stereocenters. The van der Waals surface area contributed by atoms with Crippen molar-refractivity contribution in [3.8, 4) is 0 Å². The number of carbonyl (C=O) groups is 1. The van der Waals surface area contributed by atoms with Crippen molar-refractivity contribution in [3.05, 3.63) is 66.0 Å². The molecule has 2 aromatic carbocycles. The fourth-order valence-corrected chi connectivity index (χ4v) is 4.56. The van der Waals surface area contributed by atoms with Crippen LogP contribution >= 0.6 is 0 Å². The summed E-state index contributed by atoms with van der Waals surface area (Å²) in [6.45, 7) is 5.80. The molecule has 2 N–H and O–H groups in total. The molecular formula is C23H29FN4O. The van der Waals surface area contributed by atoms with Gasteiger partial charge in [0.1, 0.15) is 5.82 Å². The molecule has 154 valence electrons. The van der Waals surface area contributed by atoms with E-state index >= 15 is 0 Å². The van der Waals surface area contributed by atoms with Gasteiger partial charge in [-0.25, -0.2) is 4.39 Å². The monoisotopic (exact) mass is 396 g/mol.